The molecule has 0 saturated carbocycles. The standard InChI is InChI=1S/C14H17N3O2S/c1-11(12-6-4-8-16-9-12)17-20(18,19)10-13-5-2-3-7-14(13)15/h2-9,11,17H,10,15H2,1H3. The van der Waals surface area contributed by atoms with Crippen LogP contribution >= 0.6 is 0 Å². The number of nitrogens with zero attached hydrogens (tertiary/aromatic N) is 1. The van der Waals surface area contributed by atoms with Crippen LogP contribution in [0.2, 0.25) is 0 Å². The van der Waals surface area contributed by atoms with E-state index in [-0.39, 0.29) is 11.8 Å². The molecule has 6 heteroatoms. The van der Waals surface area contributed by atoms with Gasteiger partial charge >= 0.3 is 0 Å². The number of aromatic nitrogens is 1. The van der Waals surface area contributed by atoms with Crippen LogP contribution < -0.4 is 10.5 Å². The van der Waals surface area contributed by atoms with Gasteiger partial charge in [-0.15, -0.1) is 0 Å². The van der Waals surface area contributed by atoms with Crippen LogP contribution in [-0.2, 0) is 15.8 Å². The first kappa shape index (κ1) is 14.5. The van der Waals surface area contributed by atoms with Crippen molar-refractivity contribution in [3.05, 3.63) is 59.9 Å². The molecule has 2 rings (SSSR count). The minimum Gasteiger partial charge on any atom is -0.398 e. The van der Waals surface area contributed by atoms with Crippen molar-refractivity contribution in [2.24, 2.45) is 0 Å². The summed E-state index contributed by atoms with van der Waals surface area (Å²) >= 11 is 0. The Labute approximate surface area is 118 Å². The third kappa shape index (κ3) is 3.79. The van der Waals surface area contributed by atoms with Crippen LogP contribution in [0.5, 0.6) is 0 Å². The van der Waals surface area contributed by atoms with Gasteiger partial charge in [-0.1, -0.05) is 24.3 Å². The van der Waals surface area contributed by atoms with Crippen molar-refractivity contribution >= 4 is 15.7 Å². The lowest BCUT2D eigenvalue weighted by Gasteiger charge is -2.14. The van der Waals surface area contributed by atoms with Gasteiger partial charge in [-0.3, -0.25) is 4.98 Å². The molecule has 0 saturated heterocycles. The number of anilines is 1. The summed E-state index contributed by atoms with van der Waals surface area (Å²) in [6.45, 7) is 1.78. The summed E-state index contributed by atoms with van der Waals surface area (Å²) in [5, 5.41) is 0. The van der Waals surface area contributed by atoms with E-state index in [9.17, 15) is 8.42 Å². The fourth-order valence-electron chi connectivity index (χ4n) is 1.88. The zero-order valence-electron chi connectivity index (χ0n) is 11.2. The molecule has 1 unspecified atom stereocenters. The van der Waals surface area contributed by atoms with Crippen LogP contribution in [0, 0.1) is 0 Å². The first-order chi connectivity index (χ1) is 9.48. The van der Waals surface area contributed by atoms with Crippen molar-refractivity contribution in [2.75, 3.05) is 5.73 Å². The van der Waals surface area contributed by atoms with Crippen molar-refractivity contribution in [2.45, 2.75) is 18.7 Å². The first-order valence-electron chi connectivity index (χ1n) is 6.21. The Balaban J connectivity index is 2.10. The summed E-state index contributed by atoms with van der Waals surface area (Å²) in [4.78, 5) is 3.98. The number of rotatable bonds is 5. The number of para-hydroxylation sites is 1. The number of sulfonamides is 1. The zero-order valence-corrected chi connectivity index (χ0v) is 12.0. The van der Waals surface area contributed by atoms with E-state index in [1.807, 2.05) is 6.07 Å². The Hall–Kier alpha value is -1.92. The maximum absolute atomic E-state index is 12.1. The smallest absolute Gasteiger partial charge is 0.216 e. The van der Waals surface area contributed by atoms with E-state index in [2.05, 4.69) is 9.71 Å². The molecule has 1 atom stereocenters. The van der Waals surface area contributed by atoms with E-state index in [1.54, 1.807) is 49.6 Å². The van der Waals surface area contributed by atoms with Gasteiger partial charge < -0.3 is 5.73 Å². The number of pyridine rings is 1. The molecule has 0 aliphatic carbocycles. The van der Waals surface area contributed by atoms with Gasteiger partial charge in [0.2, 0.25) is 10.0 Å². The summed E-state index contributed by atoms with van der Waals surface area (Å²) < 4.78 is 26.9. The Kier molecular flexibility index (Phi) is 4.36. The van der Waals surface area contributed by atoms with Crippen molar-refractivity contribution < 1.29 is 8.42 Å². The van der Waals surface area contributed by atoms with E-state index in [1.165, 1.54) is 0 Å². The van der Waals surface area contributed by atoms with Crippen molar-refractivity contribution in [3.8, 4) is 0 Å². The Morgan fingerprint density at radius 2 is 2.00 bits per heavy atom. The highest BCUT2D eigenvalue weighted by atomic mass is 32.2. The largest absolute Gasteiger partial charge is 0.398 e. The quantitative estimate of drug-likeness (QED) is 0.823. The highest BCUT2D eigenvalue weighted by Crippen LogP contribution is 2.16. The predicted octanol–water partition coefficient (Wildman–Crippen LogP) is 1.84. The van der Waals surface area contributed by atoms with E-state index in [4.69, 9.17) is 5.73 Å². The summed E-state index contributed by atoms with van der Waals surface area (Å²) in [5.74, 6) is -0.135. The summed E-state index contributed by atoms with van der Waals surface area (Å²) in [6, 6.07) is 10.2. The molecule has 0 radical (unpaired) electrons. The lowest BCUT2D eigenvalue weighted by molar-refractivity contribution is 0.566. The number of nitrogens with one attached hydrogen (secondary N) is 1. The van der Waals surface area contributed by atoms with Crippen LogP contribution in [0.25, 0.3) is 0 Å². The fraction of sp³-hybridized carbons (Fsp3) is 0.214. The molecular weight excluding hydrogens is 274 g/mol. The summed E-state index contributed by atoms with van der Waals surface area (Å²) in [6.07, 6.45) is 3.29. The summed E-state index contributed by atoms with van der Waals surface area (Å²) in [7, 11) is -3.46. The van der Waals surface area contributed by atoms with E-state index < -0.39 is 10.0 Å². The molecule has 0 spiro atoms. The van der Waals surface area contributed by atoms with Gasteiger partial charge in [0.05, 0.1) is 5.75 Å². The number of nitrogens with two attached hydrogens (primary N) is 1. The highest BCUT2D eigenvalue weighted by molar-refractivity contribution is 7.88. The fourth-order valence-corrected chi connectivity index (χ4v) is 3.31. The number of hydrogen-bond donors (Lipinski definition) is 2. The monoisotopic (exact) mass is 291 g/mol. The first-order valence-corrected chi connectivity index (χ1v) is 7.86. The zero-order chi connectivity index (χ0) is 14.6. The Morgan fingerprint density at radius 3 is 2.65 bits per heavy atom. The number of hydrogen-bond acceptors (Lipinski definition) is 4. The minimum atomic E-state index is -3.46. The molecule has 0 amide bonds. The molecule has 2 aromatic rings. The molecule has 0 aliphatic rings. The highest BCUT2D eigenvalue weighted by Gasteiger charge is 2.17. The van der Waals surface area contributed by atoms with Gasteiger partial charge in [-0.25, -0.2) is 13.1 Å². The topological polar surface area (TPSA) is 85.1 Å². The van der Waals surface area contributed by atoms with Gasteiger partial charge in [-0.2, -0.15) is 0 Å². The molecule has 1 aromatic carbocycles. The van der Waals surface area contributed by atoms with E-state index in [0.29, 0.717) is 11.3 Å². The molecule has 1 aromatic heterocycles. The third-order valence-electron chi connectivity index (χ3n) is 2.94. The maximum atomic E-state index is 12.1. The average Bonchev–Trinajstić information content (AvgIpc) is 2.41. The summed E-state index contributed by atoms with van der Waals surface area (Å²) in [5.41, 5.74) is 7.66. The van der Waals surface area contributed by atoms with Crippen LogP contribution in [0.1, 0.15) is 24.1 Å². The van der Waals surface area contributed by atoms with Gasteiger partial charge in [0.15, 0.2) is 0 Å². The second-order valence-corrected chi connectivity index (χ2v) is 6.34. The second kappa shape index (κ2) is 6.02. The average molecular weight is 291 g/mol. The molecule has 3 N–H and O–H groups in total. The van der Waals surface area contributed by atoms with Crippen LogP contribution in [0.4, 0.5) is 5.69 Å². The lowest BCUT2D eigenvalue weighted by Crippen LogP contribution is -2.28. The number of benzene rings is 1. The molecule has 1 heterocycles. The molecular formula is C14H17N3O2S. The Morgan fingerprint density at radius 1 is 1.25 bits per heavy atom. The van der Waals surface area contributed by atoms with Gasteiger partial charge in [-0.05, 0) is 30.2 Å². The lowest BCUT2D eigenvalue weighted by atomic mass is 10.2. The van der Waals surface area contributed by atoms with Gasteiger partial charge in [0.1, 0.15) is 0 Å². The molecule has 0 aliphatic heterocycles. The van der Waals surface area contributed by atoms with Crippen molar-refractivity contribution in [1.82, 2.24) is 9.71 Å². The van der Waals surface area contributed by atoms with Crippen LogP contribution in [0.3, 0.4) is 0 Å². The van der Waals surface area contributed by atoms with Gasteiger partial charge in [0, 0.05) is 24.1 Å². The maximum Gasteiger partial charge on any atom is 0.216 e. The van der Waals surface area contributed by atoms with Crippen molar-refractivity contribution in [1.29, 1.82) is 0 Å². The second-order valence-electron chi connectivity index (χ2n) is 4.58. The van der Waals surface area contributed by atoms with E-state index >= 15 is 0 Å². The van der Waals surface area contributed by atoms with Gasteiger partial charge in [0.25, 0.3) is 0 Å². The molecule has 0 bridgehead atoms. The SMILES string of the molecule is CC(NS(=O)(=O)Cc1ccccc1N)c1cccnc1. The van der Waals surface area contributed by atoms with Crippen LogP contribution in [-0.4, -0.2) is 13.4 Å². The number of nitrogen functional groups attached to an aromatic ring is 1. The predicted molar refractivity (Wildman–Crippen MR) is 79.3 cm³/mol. The molecule has 20 heavy (non-hydrogen) atoms. The Bertz CT molecular complexity index is 672. The van der Waals surface area contributed by atoms with Crippen LogP contribution in [0.15, 0.2) is 48.8 Å². The molecule has 106 valence electrons. The molecule has 5 nitrogen and oxygen atoms in total. The normalized spacial score (nSPS) is 13.1. The third-order valence-corrected chi connectivity index (χ3v) is 4.35. The van der Waals surface area contributed by atoms with E-state index in [0.717, 1.165) is 5.56 Å². The molecule has 0 fully saturated rings. The minimum absolute atomic E-state index is 0.135. The van der Waals surface area contributed by atoms with Crippen molar-refractivity contribution in [3.63, 3.8) is 0 Å².